The molecule has 1 aliphatic heterocycles. The summed E-state index contributed by atoms with van der Waals surface area (Å²) in [7, 11) is 0. The molecule has 3 N–H and O–H groups in total. The van der Waals surface area contributed by atoms with Gasteiger partial charge in [0.15, 0.2) is 0 Å². The summed E-state index contributed by atoms with van der Waals surface area (Å²) < 4.78 is 6.30. The van der Waals surface area contributed by atoms with E-state index >= 15 is 0 Å². The standard InChI is InChI=1S/C11H16N4O3/c1-7-5-9(15(14-7)11(12)17)10(16)13-6-8-3-2-4-18-8/h5,8H,2-4,6H2,1H3,(H2,12,17)(H,13,16)/t8-/m0/s1. The topological polar surface area (TPSA) is 99.2 Å². The van der Waals surface area contributed by atoms with E-state index < -0.39 is 6.03 Å². The summed E-state index contributed by atoms with van der Waals surface area (Å²) in [5.74, 6) is -0.370. The van der Waals surface area contributed by atoms with Gasteiger partial charge in [0.1, 0.15) is 5.69 Å². The fraction of sp³-hybridized carbons (Fsp3) is 0.545. The first kappa shape index (κ1) is 12.6. The van der Waals surface area contributed by atoms with Crippen LogP contribution in [0.2, 0.25) is 0 Å². The third kappa shape index (κ3) is 2.67. The molecule has 0 spiro atoms. The molecule has 0 radical (unpaired) electrons. The Morgan fingerprint density at radius 2 is 2.44 bits per heavy atom. The predicted octanol–water partition coefficient (Wildman–Crippen LogP) is 0.0271. The lowest BCUT2D eigenvalue weighted by Crippen LogP contribution is -2.35. The average molecular weight is 252 g/mol. The summed E-state index contributed by atoms with van der Waals surface area (Å²) in [5.41, 5.74) is 5.86. The van der Waals surface area contributed by atoms with Crippen LogP contribution in [0.1, 0.15) is 29.0 Å². The van der Waals surface area contributed by atoms with E-state index in [9.17, 15) is 9.59 Å². The molecule has 2 amide bonds. The highest BCUT2D eigenvalue weighted by atomic mass is 16.5. The van der Waals surface area contributed by atoms with Gasteiger partial charge in [-0.2, -0.15) is 9.78 Å². The smallest absolute Gasteiger partial charge is 0.340 e. The fourth-order valence-corrected chi connectivity index (χ4v) is 1.93. The van der Waals surface area contributed by atoms with Crippen LogP contribution in [-0.4, -0.2) is 41.0 Å². The molecule has 18 heavy (non-hydrogen) atoms. The van der Waals surface area contributed by atoms with Gasteiger partial charge in [-0.1, -0.05) is 0 Å². The maximum Gasteiger partial charge on any atom is 0.340 e. The van der Waals surface area contributed by atoms with Gasteiger partial charge in [-0.15, -0.1) is 0 Å². The molecule has 2 rings (SSSR count). The van der Waals surface area contributed by atoms with E-state index in [0.717, 1.165) is 24.1 Å². The number of carbonyl (C=O) groups excluding carboxylic acids is 2. The van der Waals surface area contributed by atoms with Gasteiger partial charge >= 0.3 is 6.03 Å². The monoisotopic (exact) mass is 252 g/mol. The van der Waals surface area contributed by atoms with Gasteiger partial charge in [-0.05, 0) is 25.8 Å². The summed E-state index contributed by atoms with van der Waals surface area (Å²) in [4.78, 5) is 23.0. The number of amides is 2. The quantitative estimate of drug-likeness (QED) is 0.792. The van der Waals surface area contributed by atoms with E-state index in [0.29, 0.717) is 12.2 Å². The second-order valence-corrected chi connectivity index (χ2v) is 4.27. The Morgan fingerprint density at radius 1 is 1.67 bits per heavy atom. The maximum atomic E-state index is 11.9. The molecule has 0 saturated carbocycles. The molecular weight excluding hydrogens is 236 g/mol. The molecule has 1 aliphatic rings. The number of nitrogens with one attached hydrogen (secondary N) is 1. The first-order valence-electron chi connectivity index (χ1n) is 5.84. The van der Waals surface area contributed by atoms with Crippen LogP contribution in [0.15, 0.2) is 6.07 Å². The molecule has 7 nitrogen and oxygen atoms in total. The van der Waals surface area contributed by atoms with Crippen molar-refractivity contribution in [2.24, 2.45) is 5.73 Å². The largest absolute Gasteiger partial charge is 0.376 e. The second kappa shape index (κ2) is 5.18. The number of primary amides is 1. The lowest BCUT2D eigenvalue weighted by Gasteiger charge is -2.10. The number of aromatic nitrogens is 2. The molecule has 0 aliphatic carbocycles. The number of hydrogen-bond acceptors (Lipinski definition) is 4. The van der Waals surface area contributed by atoms with Gasteiger partial charge < -0.3 is 15.8 Å². The third-order valence-electron chi connectivity index (χ3n) is 2.79. The van der Waals surface area contributed by atoms with E-state index in [4.69, 9.17) is 10.5 Å². The van der Waals surface area contributed by atoms with Crippen molar-refractivity contribution in [1.29, 1.82) is 0 Å². The highest BCUT2D eigenvalue weighted by molar-refractivity contribution is 5.96. The molecule has 1 atom stereocenters. The van der Waals surface area contributed by atoms with Crippen LogP contribution >= 0.6 is 0 Å². The van der Waals surface area contributed by atoms with Gasteiger partial charge in [0.05, 0.1) is 11.8 Å². The summed E-state index contributed by atoms with van der Waals surface area (Å²) >= 11 is 0. The van der Waals surface area contributed by atoms with Crippen LogP contribution in [0.3, 0.4) is 0 Å². The van der Waals surface area contributed by atoms with Crippen LogP contribution in [0.4, 0.5) is 4.79 Å². The predicted molar refractivity (Wildman–Crippen MR) is 63.3 cm³/mol. The zero-order valence-corrected chi connectivity index (χ0v) is 10.2. The molecule has 0 bridgehead atoms. The summed E-state index contributed by atoms with van der Waals surface area (Å²) in [5, 5.41) is 6.58. The zero-order valence-electron chi connectivity index (χ0n) is 10.2. The van der Waals surface area contributed by atoms with E-state index in [2.05, 4.69) is 10.4 Å². The zero-order chi connectivity index (χ0) is 13.1. The lowest BCUT2D eigenvalue weighted by molar-refractivity contribution is 0.0850. The van der Waals surface area contributed by atoms with Gasteiger partial charge in [0, 0.05) is 13.2 Å². The maximum absolute atomic E-state index is 11.9. The van der Waals surface area contributed by atoms with Crippen LogP contribution in [0, 0.1) is 6.92 Å². The highest BCUT2D eigenvalue weighted by Crippen LogP contribution is 2.11. The third-order valence-corrected chi connectivity index (χ3v) is 2.79. The molecule has 98 valence electrons. The molecular formula is C11H16N4O3. The summed E-state index contributed by atoms with van der Waals surface area (Å²) in [6.07, 6.45) is 2.01. The van der Waals surface area contributed by atoms with E-state index in [1.165, 1.54) is 6.07 Å². The number of nitrogens with two attached hydrogens (primary N) is 1. The van der Waals surface area contributed by atoms with Crippen LogP contribution in [0.25, 0.3) is 0 Å². The van der Waals surface area contributed by atoms with Crippen LogP contribution in [-0.2, 0) is 4.74 Å². The van der Waals surface area contributed by atoms with Crippen LogP contribution in [0.5, 0.6) is 0 Å². The Bertz CT molecular complexity index is 463. The summed E-state index contributed by atoms with van der Waals surface area (Å²) in [6.45, 7) is 2.86. The fourth-order valence-electron chi connectivity index (χ4n) is 1.93. The van der Waals surface area contributed by atoms with Crippen molar-refractivity contribution in [3.63, 3.8) is 0 Å². The Balaban J connectivity index is 2.01. The molecule has 0 unspecified atom stereocenters. The minimum absolute atomic E-state index is 0.0556. The second-order valence-electron chi connectivity index (χ2n) is 4.27. The molecule has 1 aromatic rings. The minimum atomic E-state index is -0.773. The number of rotatable bonds is 3. The number of nitrogens with zero attached hydrogens (tertiary/aromatic N) is 2. The Hall–Kier alpha value is -1.89. The van der Waals surface area contributed by atoms with Gasteiger partial charge in [0.2, 0.25) is 0 Å². The Kier molecular flexibility index (Phi) is 3.61. The first-order chi connectivity index (χ1) is 8.58. The number of hydrogen-bond donors (Lipinski definition) is 2. The normalized spacial score (nSPS) is 18.8. The van der Waals surface area contributed by atoms with Crippen molar-refractivity contribution in [3.05, 3.63) is 17.5 Å². The van der Waals surface area contributed by atoms with E-state index in [-0.39, 0.29) is 17.7 Å². The highest BCUT2D eigenvalue weighted by Gasteiger charge is 2.20. The SMILES string of the molecule is Cc1cc(C(=O)NC[C@@H]2CCCO2)n(C(N)=O)n1. The minimum Gasteiger partial charge on any atom is -0.376 e. The molecule has 2 heterocycles. The van der Waals surface area contributed by atoms with Crippen molar-refractivity contribution >= 4 is 11.9 Å². The van der Waals surface area contributed by atoms with Gasteiger partial charge in [-0.3, -0.25) is 4.79 Å². The summed E-state index contributed by atoms with van der Waals surface area (Å²) in [6, 6.07) is 0.751. The van der Waals surface area contributed by atoms with Crippen molar-refractivity contribution in [1.82, 2.24) is 15.1 Å². The molecule has 1 saturated heterocycles. The Labute approximate surface area is 104 Å². The number of ether oxygens (including phenoxy) is 1. The first-order valence-corrected chi connectivity index (χ1v) is 5.84. The molecule has 0 aromatic carbocycles. The van der Waals surface area contributed by atoms with Crippen molar-refractivity contribution in [2.75, 3.05) is 13.2 Å². The van der Waals surface area contributed by atoms with Crippen LogP contribution < -0.4 is 11.1 Å². The average Bonchev–Trinajstić information content (AvgIpc) is 2.94. The molecule has 1 aromatic heterocycles. The van der Waals surface area contributed by atoms with Crippen molar-refractivity contribution in [2.45, 2.75) is 25.9 Å². The molecule has 1 fully saturated rings. The molecule has 7 heteroatoms. The lowest BCUT2D eigenvalue weighted by atomic mass is 10.2. The number of aryl methyl sites for hydroxylation is 1. The van der Waals surface area contributed by atoms with E-state index in [1.807, 2.05) is 0 Å². The van der Waals surface area contributed by atoms with Gasteiger partial charge in [0.25, 0.3) is 5.91 Å². The van der Waals surface area contributed by atoms with Crippen molar-refractivity contribution in [3.8, 4) is 0 Å². The number of carbonyl (C=O) groups is 2. The van der Waals surface area contributed by atoms with E-state index in [1.54, 1.807) is 6.92 Å². The van der Waals surface area contributed by atoms with Gasteiger partial charge in [-0.25, -0.2) is 4.79 Å². The van der Waals surface area contributed by atoms with Crippen molar-refractivity contribution < 1.29 is 14.3 Å². The Morgan fingerprint density at radius 3 is 3.06 bits per heavy atom.